The van der Waals surface area contributed by atoms with Crippen LogP contribution in [0.2, 0.25) is 0 Å². The monoisotopic (exact) mass is 270 g/mol. The van der Waals surface area contributed by atoms with Gasteiger partial charge in [-0.3, -0.25) is 0 Å². The number of hydrogen-bond acceptors (Lipinski definition) is 3. The van der Waals surface area contributed by atoms with Crippen LogP contribution in [0.5, 0.6) is 11.5 Å². The fraction of sp³-hybridized carbons (Fsp3) is 0.571. The summed E-state index contributed by atoms with van der Waals surface area (Å²) in [6.45, 7) is 2.20. The van der Waals surface area contributed by atoms with Gasteiger partial charge < -0.3 is 14.2 Å². The summed E-state index contributed by atoms with van der Waals surface area (Å²) in [5.41, 5.74) is 0. The van der Waals surface area contributed by atoms with Crippen molar-refractivity contribution in [3.05, 3.63) is 24.3 Å². The number of alkyl halides is 1. The lowest BCUT2D eigenvalue weighted by Crippen LogP contribution is -2.29. The fourth-order valence-corrected chi connectivity index (χ4v) is 2.32. The zero-order chi connectivity index (χ0) is 12.8. The van der Waals surface area contributed by atoms with Crippen LogP contribution in [0, 0.1) is 5.92 Å². The molecular weight excluding hydrogens is 252 g/mol. The van der Waals surface area contributed by atoms with Gasteiger partial charge in [-0.05, 0) is 37.1 Å². The van der Waals surface area contributed by atoms with Crippen LogP contribution in [0.3, 0.4) is 0 Å². The Morgan fingerprint density at radius 3 is 2.67 bits per heavy atom. The van der Waals surface area contributed by atoms with Gasteiger partial charge in [-0.25, -0.2) is 0 Å². The second kappa shape index (κ2) is 6.86. The van der Waals surface area contributed by atoms with Crippen LogP contribution < -0.4 is 9.47 Å². The molecule has 4 heteroatoms. The van der Waals surface area contributed by atoms with Gasteiger partial charge in [0, 0.05) is 17.9 Å². The minimum absolute atomic E-state index is 0.221. The Labute approximate surface area is 113 Å². The van der Waals surface area contributed by atoms with Crippen molar-refractivity contribution < 1.29 is 14.2 Å². The molecule has 2 rings (SSSR count). The van der Waals surface area contributed by atoms with Crippen LogP contribution in [-0.4, -0.2) is 32.3 Å². The highest BCUT2D eigenvalue weighted by molar-refractivity contribution is 6.20. The standard InChI is InChI=1S/C14H19ClO3/c1-16-12-2-4-13(5-3-12)18-9-6-11-10-17-8-7-14(11)15/h2-5,11,14H,6-10H2,1H3. The van der Waals surface area contributed by atoms with Crippen LogP contribution in [0.4, 0.5) is 0 Å². The molecule has 0 spiro atoms. The first-order valence-corrected chi connectivity index (χ1v) is 6.72. The number of hydrogen-bond donors (Lipinski definition) is 0. The van der Waals surface area contributed by atoms with Gasteiger partial charge >= 0.3 is 0 Å². The third kappa shape index (κ3) is 3.79. The summed E-state index contributed by atoms with van der Waals surface area (Å²) in [5.74, 6) is 2.10. The van der Waals surface area contributed by atoms with Gasteiger partial charge in [0.15, 0.2) is 0 Å². The van der Waals surface area contributed by atoms with Gasteiger partial charge in [-0.2, -0.15) is 0 Å². The Morgan fingerprint density at radius 1 is 1.28 bits per heavy atom. The summed E-state index contributed by atoms with van der Waals surface area (Å²) in [7, 11) is 1.65. The number of ether oxygens (including phenoxy) is 3. The summed E-state index contributed by atoms with van der Waals surface area (Å²) >= 11 is 6.25. The van der Waals surface area contributed by atoms with E-state index in [-0.39, 0.29) is 5.38 Å². The first-order chi connectivity index (χ1) is 8.79. The molecule has 1 aromatic rings. The van der Waals surface area contributed by atoms with E-state index in [2.05, 4.69) is 0 Å². The van der Waals surface area contributed by atoms with Crippen LogP contribution >= 0.6 is 11.6 Å². The zero-order valence-electron chi connectivity index (χ0n) is 10.6. The number of rotatable bonds is 5. The maximum absolute atomic E-state index is 6.25. The predicted molar refractivity (Wildman–Crippen MR) is 71.7 cm³/mol. The normalized spacial score (nSPS) is 23.7. The Hall–Kier alpha value is -0.930. The quantitative estimate of drug-likeness (QED) is 0.770. The minimum atomic E-state index is 0.221. The van der Waals surface area contributed by atoms with Crippen molar-refractivity contribution in [3.63, 3.8) is 0 Å². The molecule has 0 N–H and O–H groups in total. The first kappa shape index (κ1) is 13.5. The molecular formula is C14H19ClO3. The Kier molecular flexibility index (Phi) is 5.14. The Bertz CT molecular complexity index is 353. The van der Waals surface area contributed by atoms with Gasteiger partial charge in [0.2, 0.25) is 0 Å². The molecule has 0 saturated carbocycles. The first-order valence-electron chi connectivity index (χ1n) is 6.28. The molecule has 1 aliphatic heterocycles. The van der Waals surface area contributed by atoms with E-state index in [0.29, 0.717) is 12.5 Å². The highest BCUT2D eigenvalue weighted by Crippen LogP contribution is 2.24. The van der Waals surface area contributed by atoms with E-state index in [1.54, 1.807) is 7.11 Å². The summed E-state index contributed by atoms with van der Waals surface area (Å²) in [6, 6.07) is 7.61. The van der Waals surface area contributed by atoms with Crippen LogP contribution in [-0.2, 0) is 4.74 Å². The molecule has 1 fully saturated rings. The second-order valence-electron chi connectivity index (χ2n) is 4.45. The van der Waals surface area contributed by atoms with Crippen molar-refractivity contribution in [2.24, 2.45) is 5.92 Å². The van der Waals surface area contributed by atoms with E-state index in [1.165, 1.54) is 0 Å². The molecule has 2 atom stereocenters. The summed E-state index contributed by atoms with van der Waals surface area (Å²) in [6.07, 6.45) is 1.87. The van der Waals surface area contributed by atoms with E-state index in [1.807, 2.05) is 24.3 Å². The van der Waals surface area contributed by atoms with Crippen molar-refractivity contribution in [2.45, 2.75) is 18.2 Å². The maximum atomic E-state index is 6.25. The number of methoxy groups -OCH3 is 1. The number of halogens is 1. The maximum Gasteiger partial charge on any atom is 0.119 e. The van der Waals surface area contributed by atoms with Gasteiger partial charge in [-0.1, -0.05) is 0 Å². The molecule has 1 heterocycles. The predicted octanol–water partition coefficient (Wildman–Crippen LogP) is 3.11. The van der Waals surface area contributed by atoms with Crippen LogP contribution in [0.25, 0.3) is 0 Å². The molecule has 1 aliphatic rings. The summed E-state index contributed by atoms with van der Waals surface area (Å²) < 4.78 is 16.2. The van der Waals surface area contributed by atoms with Crippen LogP contribution in [0.15, 0.2) is 24.3 Å². The average molecular weight is 271 g/mol. The third-order valence-corrected chi connectivity index (χ3v) is 3.77. The lowest BCUT2D eigenvalue weighted by Gasteiger charge is -2.27. The molecule has 0 bridgehead atoms. The van der Waals surface area contributed by atoms with E-state index < -0.39 is 0 Å². The molecule has 1 aromatic carbocycles. The lowest BCUT2D eigenvalue weighted by molar-refractivity contribution is 0.0490. The van der Waals surface area contributed by atoms with Gasteiger partial charge in [-0.15, -0.1) is 11.6 Å². The molecule has 2 unspecified atom stereocenters. The Balaban J connectivity index is 1.73. The Morgan fingerprint density at radius 2 is 2.00 bits per heavy atom. The number of benzene rings is 1. The van der Waals surface area contributed by atoms with Crippen molar-refractivity contribution >= 4 is 11.6 Å². The smallest absolute Gasteiger partial charge is 0.119 e. The molecule has 0 aliphatic carbocycles. The van der Waals surface area contributed by atoms with Gasteiger partial charge in [0.05, 0.1) is 20.3 Å². The van der Waals surface area contributed by atoms with Crippen molar-refractivity contribution in [2.75, 3.05) is 26.9 Å². The highest BCUT2D eigenvalue weighted by atomic mass is 35.5. The minimum Gasteiger partial charge on any atom is -0.497 e. The molecule has 100 valence electrons. The summed E-state index contributed by atoms with van der Waals surface area (Å²) in [4.78, 5) is 0. The molecule has 0 aromatic heterocycles. The zero-order valence-corrected chi connectivity index (χ0v) is 11.4. The molecule has 18 heavy (non-hydrogen) atoms. The van der Waals surface area contributed by atoms with Crippen molar-refractivity contribution in [1.29, 1.82) is 0 Å². The van der Waals surface area contributed by atoms with Crippen molar-refractivity contribution in [3.8, 4) is 11.5 Å². The van der Waals surface area contributed by atoms with Crippen LogP contribution in [0.1, 0.15) is 12.8 Å². The van der Waals surface area contributed by atoms with Gasteiger partial charge in [0.25, 0.3) is 0 Å². The summed E-state index contributed by atoms with van der Waals surface area (Å²) in [5, 5.41) is 0.221. The van der Waals surface area contributed by atoms with E-state index in [9.17, 15) is 0 Å². The molecule has 1 saturated heterocycles. The van der Waals surface area contributed by atoms with Crippen molar-refractivity contribution in [1.82, 2.24) is 0 Å². The largest absolute Gasteiger partial charge is 0.497 e. The second-order valence-corrected chi connectivity index (χ2v) is 5.01. The van der Waals surface area contributed by atoms with Gasteiger partial charge in [0.1, 0.15) is 11.5 Å². The molecule has 0 amide bonds. The highest BCUT2D eigenvalue weighted by Gasteiger charge is 2.23. The molecule has 0 radical (unpaired) electrons. The van der Waals surface area contributed by atoms with E-state index >= 15 is 0 Å². The molecule has 3 nitrogen and oxygen atoms in total. The van der Waals surface area contributed by atoms with E-state index in [4.69, 9.17) is 25.8 Å². The third-order valence-electron chi connectivity index (χ3n) is 3.20. The lowest BCUT2D eigenvalue weighted by atomic mass is 9.98. The topological polar surface area (TPSA) is 27.7 Å². The average Bonchev–Trinajstić information content (AvgIpc) is 2.42. The SMILES string of the molecule is COc1ccc(OCCC2COCCC2Cl)cc1. The van der Waals surface area contributed by atoms with E-state index in [0.717, 1.165) is 37.6 Å². The fourth-order valence-electron chi connectivity index (χ4n) is 2.04.